The number of unbranched alkanes of at least 4 members (excludes halogenated alkanes) is 5. The van der Waals surface area contributed by atoms with Crippen molar-refractivity contribution in [3.05, 3.63) is 69.7 Å². The van der Waals surface area contributed by atoms with Crippen molar-refractivity contribution in [2.75, 3.05) is 6.54 Å². The summed E-state index contributed by atoms with van der Waals surface area (Å²) in [5.41, 5.74) is 1.03. The highest BCUT2D eigenvalue weighted by Gasteiger charge is 2.26. The Bertz CT molecular complexity index is 1160. The van der Waals surface area contributed by atoms with Crippen LogP contribution in [-0.2, 0) is 4.79 Å². The zero-order chi connectivity index (χ0) is 24.5. The van der Waals surface area contributed by atoms with Gasteiger partial charge in [0.15, 0.2) is 0 Å². The van der Waals surface area contributed by atoms with Gasteiger partial charge in [0.25, 0.3) is 5.56 Å². The van der Waals surface area contributed by atoms with E-state index in [2.05, 4.69) is 13.8 Å². The van der Waals surface area contributed by atoms with E-state index in [1.165, 1.54) is 0 Å². The molecule has 0 spiro atoms. The fraction of sp³-hybridized carbons (Fsp3) is 0.464. The summed E-state index contributed by atoms with van der Waals surface area (Å²) in [6.07, 6.45) is 7.76. The number of amides is 1. The van der Waals surface area contributed by atoms with Gasteiger partial charge in [0.1, 0.15) is 5.82 Å². The number of benzene rings is 2. The van der Waals surface area contributed by atoms with Crippen LogP contribution >= 0.6 is 11.6 Å². The highest BCUT2D eigenvalue weighted by atomic mass is 35.5. The van der Waals surface area contributed by atoms with E-state index in [-0.39, 0.29) is 17.5 Å². The smallest absolute Gasteiger partial charge is 0.266 e. The van der Waals surface area contributed by atoms with Gasteiger partial charge < -0.3 is 4.90 Å². The molecule has 5 nitrogen and oxygen atoms in total. The molecule has 1 unspecified atom stereocenters. The highest BCUT2D eigenvalue weighted by Crippen LogP contribution is 2.27. The van der Waals surface area contributed by atoms with Crippen LogP contribution in [0.2, 0.25) is 5.02 Å². The molecule has 1 amide bonds. The van der Waals surface area contributed by atoms with E-state index in [9.17, 15) is 9.59 Å². The monoisotopic (exact) mass is 481 g/mol. The van der Waals surface area contributed by atoms with Crippen LogP contribution in [0.25, 0.3) is 16.6 Å². The number of carbonyl (C=O) groups is 1. The SMILES string of the molecule is CCCCCCN(C(=O)CCCCC)C(C)c1nc2ccccc2c(=O)n1-c1ccccc1Cl. The van der Waals surface area contributed by atoms with E-state index >= 15 is 0 Å². The highest BCUT2D eigenvalue weighted by molar-refractivity contribution is 6.32. The van der Waals surface area contributed by atoms with Crippen LogP contribution in [0.15, 0.2) is 53.3 Å². The molecule has 0 aliphatic heterocycles. The molecule has 1 atom stereocenters. The van der Waals surface area contributed by atoms with Crippen molar-refractivity contribution in [2.24, 2.45) is 0 Å². The molecule has 6 heteroatoms. The van der Waals surface area contributed by atoms with Crippen molar-refractivity contribution in [1.82, 2.24) is 14.5 Å². The van der Waals surface area contributed by atoms with E-state index in [0.717, 1.165) is 44.9 Å². The lowest BCUT2D eigenvalue weighted by atomic mass is 10.1. The number of halogens is 1. The van der Waals surface area contributed by atoms with Gasteiger partial charge in [-0.05, 0) is 44.0 Å². The molecule has 0 saturated carbocycles. The zero-order valence-electron chi connectivity index (χ0n) is 20.6. The lowest BCUT2D eigenvalue weighted by Crippen LogP contribution is -2.38. The molecule has 3 rings (SSSR count). The third-order valence-electron chi connectivity index (χ3n) is 6.30. The molecule has 0 bridgehead atoms. The minimum atomic E-state index is -0.371. The van der Waals surface area contributed by atoms with Crippen LogP contribution in [0.5, 0.6) is 0 Å². The van der Waals surface area contributed by atoms with Gasteiger partial charge in [0, 0.05) is 13.0 Å². The summed E-state index contributed by atoms with van der Waals surface area (Å²) < 4.78 is 1.59. The predicted molar refractivity (Wildman–Crippen MR) is 141 cm³/mol. The number of para-hydroxylation sites is 2. The molecule has 0 aliphatic rings. The minimum Gasteiger partial charge on any atom is -0.333 e. The second-order valence-electron chi connectivity index (χ2n) is 8.86. The maximum absolute atomic E-state index is 13.7. The van der Waals surface area contributed by atoms with Gasteiger partial charge in [-0.15, -0.1) is 0 Å². The third-order valence-corrected chi connectivity index (χ3v) is 6.62. The van der Waals surface area contributed by atoms with Gasteiger partial charge >= 0.3 is 0 Å². The Balaban J connectivity index is 2.10. The summed E-state index contributed by atoms with van der Waals surface area (Å²) in [6.45, 7) is 6.94. The molecular weight excluding hydrogens is 446 g/mol. The van der Waals surface area contributed by atoms with Gasteiger partial charge in [-0.25, -0.2) is 4.98 Å². The maximum Gasteiger partial charge on any atom is 0.266 e. The second-order valence-corrected chi connectivity index (χ2v) is 9.27. The van der Waals surface area contributed by atoms with Crippen molar-refractivity contribution < 1.29 is 4.79 Å². The molecule has 1 heterocycles. The van der Waals surface area contributed by atoms with Gasteiger partial charge in [-0.3, -0.25) is 14.2 Å². The predicted octanol–water partition coefficient (Wildman–Crippen LogP) is 7.09. The average Bonchev–Trinajstić information content (AvgIpc) is 2.84. The second kappa shape index (κ2) is 12.7. The standard InChI is InChI=1S/C28H36ClN3O2/c1-4-6-8-14-20-31(26(33)19-9-7-5-2)21(3)27-30-24-17-12-10-15-22(24)28(34)32(27)25-18-13-11-16-23(25)29/h10-13,15-18,21H,4-9,14,19-20H2,1-3H3. The summed E-state index contributed by atoms with van der Waals surface area (Å²) >= 11 is 6.54. The van der Waals surface area contributed by atoms with E-state index in [1.54, 1.807) is 16.7 Å². The molecule has 1 aromatic heterocycles. The first-order valence-corrected chi connectivity index (χ1v) is 12.9. The largest absolute Gasteiger partial charge is 0.333 e. The van der Waals surface area contributed by atoms with Gasteiger partial charge in [-0.1, -0.05) is 81.8 Å². The Kier molecular flexibility index (Phi) is 9.70. The Labute approximate surface area is 207 Å². The topological polar surface area (TPSA) is 55.2 Å². The molecule has 0 fully saturated rings. The number of hydrogen-bond acceptors (Lipinski definition) is 3. The summed E-state index contributed by atoms with van der Waals surface area (Å²) in [4.78, 5) is 33.8. The van der Waals surface area contributed by atoms with Gasteiger partial charge in [0.2, 0.25) is 5.91 Å². The zero-order valence-corrected chi connectivity index (χ0v) is 21.4. The summed E-state index contributed by atoms with van der Waals surface area (Å²) in [6, 6.07) is 14.3. The first-order chi connectivity index (χ1) is 16.5. The molecule has 0 radical (unpaired) electrons. The number of aromatic nitrogens is 2. The van der Waals surface area contributed by atoms with E-state index < -0.39 is 0 Å². The molecule has 3 aromatic rings. The molecule has 34 heavy (non-hydrogen) atoms. The molecule has 0 N–H and O–H groups in total. The average molecular weight is 482 g/mol. The lowest BCUT2D eigenvalue weighted by molar-refractivity contribution is -0.133. The number of fused-ring (bicyclic) bond motifs is 1. The normalized spacial score (nSPS) is 12.1. The van der Waals surface area contributed by atoms with E-state index in [1.807, 2.05) is 48.2 Å². The number of hydrogen-bond donors (Lipinski definition) is 0. The third kappa shape index (κ3) is 6.06. The van der Waals surface area contributed by atoms with E-state index in [0.29, 0.717) is 40.4 Å². The van der Waals surface area contributed by atoms with Crippen LogP contribution < -0.4 is 5.56 Å². The summed E-state index contributed by atoms with van der Waals surface area (Å²) in [7, 11) is 0. The Hall–Kier alpha value is -2.66. The molecule has 0 saturated heterocycles. The first kappa shape index (κ1) is 26.0. The lowest BCUT2D eigenvalue weighted by Gasteiger charge is -2.31. The fourth-order valence-corrected chi connectivity index (χ4v) is 4.57. The molecule has 182 valence electrons. The molecular formula is C28H36ClN3O2. The van der Waals surface area contributed by atoms with Crippen LogP contribution in [-0.4, -0.2) is 26.9 Å². The van der Waals surface area contributed by atoms with Crippen molar-refractivity contribution in [1.29, 1.82) is 0 Å². The Morgan fingerprint density at radius 2 is 1.65 bits per heavy atom. The quantitative estimate of drug-likeness (QED) is 0.259. The van der Waals surface area contributed by atoms with Crippen LogP contribution in [0, 0.1) is 0 Å². The van der Waals surface area contributed by atoms with Crippen molar-refractivity contribution >= 4 is 28.4 Å². The number of rotatable bonds is 12. The maximum atomic E-state index is 13.7. The fourth-order valence-electron chi connectivity index (χ4n) is 4.35. The summed E-state index contributed by atoms with van der Waals surface area (Å²) in [5.74, 6) is 0.654. The van der Waals surface area contributed by atoms with Crippen molar-refractivity contribution in [3.63, 3.8) is 0 Å². The number of carbonyl (C=O) groups excluding carboxylic acids is 1. The summed E-state index contributed by atoms with van der Waals surface area (Å²) in [5, 5.41) is 1.00. The minimum absolute atomic E-state index is 0.116. The van der Waals surface area contributed by atoms with Gasteiger partial charge in [0.05, 0.1) is 27.7 Å². The Morgan fingerprint density at radius 3 is 2.38 bits per heavy atom. The molecule has 0 aliphatic carbocycles. The first-order valence-electron chi connectivity index (χ1n) is 12.6. The van der Waals surface area contributed by atoms with Crippen LogP contribution in [0.4, 0.5) is 0 Å². The van der Waals surface area contributed by atoms with Gasteiger partial charge in [-0.2, -0.15) is 0 Å². The Morgan fingerprint density at radius 1 is 0.971 bits per heavy atom. The van der Waals surface area contributed by atoms with Crippen molar-refractivity contribution in [2.45, 2.75) is 78.2 Å². The van der Waals surface area contributed by atoms with Crippen LogP contribution in [0.1, 0.15) is 84.0 Å². The molecule has 2 aromatic carbocycles. The number of nitrogens with zero attached hydrogens (tertiary/aromatic N) is 3. The van der Waals surface area contributed by atoms with Crippen LogP contribution in [0.3, 0.4) is 0 Å². The van der Waals surface area contributed by atoms with Crippen molar-refractivity contribution in [3.8, 4) is 5.69 Å². The van der Waals surface area contributed by atoms with E-state index in [4.69, 9.17) is 16.6 Å².